The van der Waals surface area contributed by atoms with Gasteiger partial charge in [0.2, 0.25) is 0 Å². The fourth-order valence-electron chi connectivity index (χ4n) is 4.24. The van der Waals surface area contributed by atoms with Gasteiger partial charge < -0.3 is 19.5 Å². The van der Waals surface area contributed by atoms with Gasteiger partial charge in [0, 0.05) is 36.7 Å². The first kappa shape index (κ1) is 27.0. The van der Waals surface area contributed by atoms with E-state index in [1.165, 1.54) is 35.9 Å². The summed E-state index contributed by atoms with van der Waals surface area (Å²) in [7, 11) is -3.83. The minimum atomic E-state index is -3.83. The highest BCUT2D eigenvalue weighted by molar-refractivity contribution is 7.92. The molecule has 1 aliphatic carbocycles. The Morgan fingerprint density at radius 1 is 1.20 bits per heavy atom. The van der Waals surface area contributed by atoms with Crippen molar-refractivity contribution >= 4 is 15.6 Å². The topological polar surface area (TPSA) is 123 Å². The highest BCUT2D eigenvalue weighted by atomic mass is 32.2. The molecule has 0 unspecified atom stereocenters. The number of hydrogen-bond donors (Lipinski definition) is 2. The highest BCUT2D eigenvalue weighted by Gasteiger charge is 2.42. The third-order valence-corrected chi connectivity index (χ3v) is 9.00. The lowest BCUT2D eigenvalue weighted by Crippen LogP contribution is -2.46. The zero-order valence-corrected chi connectivity index (χ0v) is 20.8. The van der Waals surface area contributed by atoms with Crippen LogP contribution >= 0.6 is 0 Å². The second kappa shape index (κ2) is 11.0. The standard InChI is InChI=1S/C25H32FNO7S/c1-25(23(30)15-28,35(2,32)33)10-12-27-11-9-18(13-24(27)31)21-8-7-20(14-22(21)26)34-16-17-3-5-19(29)6-4-17/h7-9,11,13-14,17,19,28-29H,3-6,10,12,15-16H2,1-2H3/t17?,19?,25-/m1/s1. The van der Waals surface area contributed by atoms with Gasteiger partial charge in [0.25, 0.3) is 5.56 Å². The number of benzene rings is 1. The maximum atomic E-state index is 14.8. The Labute approximate surface area is 204 Å². The molecule has 1 aliphatic rings. The molecule has 1 heterocycles. The third-order valence-electron chi connectivity index (χ3n) is 6.93. The van der Waals surface area contributed by atoms with E-state index in [1.54, 1.807) is 12.1 Å². The van der Waals surface area contributed by atoms with Gasteiger partial charge in [-0.3, -0.25) is 9.59 Å². The molecule has 0 aliphatic heterocycles. The molecule has 1 fully saturated rings. The zero-order valence-electron chi connectivity index (χ0n) is 19.9. The van der Waals surface area contributed by atoms with Crippen LogP contribution < -0.4 is 10.3 Å². The summed E-state index contributed by atoms with van der Waals surface area (Å²) in [5, 5.41) is 18.8. The van der Waals surface area contributed by atoms with E-state index in [4.69, 9.17) is 9.84 Å². The Hall–Kier alpha value is -2.56. The number of ketones is 1. The van der Waals surface area contributed by atoms with Gasteiger partial charge in [0.15, 0.2) is 15.6 Å². The summed E-state index contributed by atoms with van der Waals surface area (Å²) in [4.78, 5) is 24.7. The van der Waals surface area contributed by atoms with Crippen LogP contribution in [0.3, 0.4) is 0 Å². The molecular weight excluding hydrogens is 477 g/mol. The molecule has 0 spiro atoms. The molecule has 3 rings (SSSR count). The molecule has 1 atom stereocenters. The molecular formula is C25H32FNO7S. The summed E-state index contributed by atoms with van der Waals surface area (Å²) in [6.45, 7) is 0.700. The van der Waals surface area contributed by atoms with Gasteiger partial charge in [-0.25, -0.2) is 12.8 Å². The maximum Gasteiger partial charge on any atom is 0.251 e. The van der Waals surface area contributed by atoms with Crippen molar-refractivity contribution < 1.29 is 32.6 Å². The molecule has 35 heavy (non-hydrogen) atoms. The van der Waals surface area contributed by atoms with E-state index >= 15 is 0 Å². The molecule has 1 aromatic heterocycles. The van der Waals surface area contributed by atoms with Crippen molar-refractivity contribution in [1.82, 2.24) is 4.57 Å². The van der Waals surface area contributed by atoms with Crippen LogP contribution in [0.2, 0.25) is 0 Å². The predicted octanol–water partition coefficient (Wildman–Crippen LogP) is 2.34. The van der Waals surface area contributed by atoms with Crippen molar-refractivity contribution in [2.75, 3.05) is 19.5 Å². The Morgan fingerprint density at radius 2 is 1.89 bits per heavy atom. The predicted molar refractivity (Wildman–Crippen MR) is 130 cm³/mol. The van der Waals surface area contributed by atoms with Crippen molar-refractivity contribution in [2.24, 2.45) is 5.92 Å². The first-order chi connectivity index (χ1) is 16.4. The number of halogens is 1. The van der Waals surface area contributed by atoms with Crippen LogP contribution in [0.5, 0.6) is 5.75 Å². The van der Waals surface area contributed by atoms with Crippen molar-refractivity contribution in [3.63, 3.8) is 0 Å². The number of aryl methyl sites for hydroxylation is 1. The van der Waals surface area contributed by atoms with Gasteiger partial charge in [-0.1, -0.05) is 0 Å². The number of rotatable bonds is 10. The monoisotopic (exact) mass is 509 g/mol. The number of sulfone groups is 1. The minimum absolute atomic E-state index is 0.0676. The Bertz CT molecular complexity index is 1220. The molecule has 1 aromatic carbocycles. The van der Waals surface area contributed by atoms with Crippen LogP contribution in [0.4, 0.5) is 4.39 Å². The molecule has 0 bridgehead atoms. The first-order valence-corrected chi connectivity index (χ1v) is 13.5. The third kappa shape index (κ3) is 6.36. The molecule has 0 saturated heterocycles. The second-order valence-electron chi connectivity index (χ2n) is 9.41. The number of carbonyl (C=O) groups excluding carboxylic acids is 1. The zero-order chi connectivity index (χ0) is 25.8. The van der Waals surface area contributed by atoms with E-state index in [-0.39, 0.29) is 24.6 Å². The van der Waals surface area contributed by atoms with Crippen molar-refractivity contribution in [2.45, 2.75) is 56.4 Å². The van der Waals surface area contributed by atoms with E-state index < -0.39 is 38.4 Å². The molecule has 2 aromatic rings. The number of carbonyl (C=O) groups is 1. The van der Waals surface area contributed by atoms with Crippen molar-refractivity contribution in [3.05, 3.63) is 52.7 Å². The van der Waals surface area contributed by atoms with Crippen LogP contribution in [0.15, 0.2) is 41.3 Å². The number of aliphatic hydroxyl groups excluding tert-OH is 2. The normalized spacial score (nSPS) is 20.3. The van der Waals surface area contributed by atoms with E-state index in [2.05, 4.69) is 0 Å². The summed E-state index contributed by atoms with van der Waals surface area (Å²) in [6.07, 6.45) is 5.14. The number of aliphatic hydroxyl groups is 2. The average molecular weight is 510 g/mol. The van der Waals surface area contributed by atoms with Gasteiger partial charge >= 0.3 is 0 Å². The van der Waals surface area contributed by atoms with E-state index in [0.717, 1.165) is 31.9 Å². The summed E-state index contributed by atoms with van der Waals surface area (Å²) < 4.78 is 44.2. The van der Waals surface area contributed by atoms with Crippen LogP contribution in [-0.4, -0.2) is 59.3 Å². The van der Waals surface area contributed by atoms with E-state index in [0.29, 0.717) is 23.8 Å². The van der Waals surface area contributed by atoms with Crippen LogP contribution in [0, 0.1) is 11.7 Å². The Balaban J connectivity index is 1.70. The summed E-state index contributed by atoms with van der Waals surface area (Å²) in [5.41, 5.74) is 0.0988. The van der Waals surface area contributed by atoms with E-state index in [9.17, 15) is 27.5 Å². The molecule has 0 radical (unpaired) electrons. The lowest BCUT2D eigenvalue weighted by Gasteiger charge is -2.25. The van der Waals surface area contributed by atoms with Gasteiger partial charge in [0.1, 0.15) is 22.9 Å². The van der Waals surface area contributed by atoms with Crippen LogP contribution in [0.25, 0.3) is 11.1 Å². The SMILES string of the molecule is C[C@@](CCn1ccc(-c2ccc(OCC3CCC(O)CC3)cc2F)cc1=O)(C(=O)CO)S(C)(=O)=O. The fraction of sp³-hybridized carbons (Fsp3) is 0.520. The number of Topliss-reactive ketones (excluding diaryl/α,β-unsaturated/α-hetero) is 1. The quantitative estimate of drug-likeness (QED) is 0.504. The number of aromatic nitrogens is 1. The maximum absolute atomic E-state index is 14.8. The highest BCUT2D eigenvalue weighted by Crippen LogP contribution is 2.28. The summed E-state index contributed by atoms with van der Waals surface area (Å²) in [6, 6.07) is 7.24. The molecule has 2 N–H and O–H groups in total. The lowest BCUT2D eigenvalue weighted by molar-refractivity contribution is -0.124. The largest absolute Gasteiger partial charge is 0.493 e. The first-order valence-electron chi connectivity index (χ1n) is 11.6. The van der Waals surface area contributed by atoms with Crippen molar-refractivity contribution in [1.29, 1.82) is 0 Å². The van der Waals surface area contributed by atoms with Gasteiger partial charge in [-0.15, -0.1) is 0 Å². The number of pyridine rings is 1. The van der Waals surface area contributed by atoms with Crippen LogP contribution in [0.1, 0.15) is 39.0 Å². The van der Waals surface area contributed by atoms with Gasteiger partial charge in [0.05, 0.1) is 12.7 Å². The molecule has 1 saturated carbocycles. The second-order valence-corrected chi connectivity index (χ2v) is 11.9. The lowest BCUT2D eigenvalue weighted by atomic mass is 9.88. The molecule has 8 nitrogen and oxygen atoms in total. The van der Waals surface area contributed by atoms with Crippen molar-refractivity contribution in [3.8, 4) is 16.9 Å². The van der Waals surface area contributed by atoms with Crippen LogP contribution in [-0.2, 0) is 21.2 Å². The molecule has 192 valence electrons. The smallest absolute Gasteiger partial charge is 0.251 e. The van der Waals surface area contributed by atoms with Gasteiger partial charge in [-0.05, 0) is 68.7 Å². The number of hydrogen-bond acceptors (Lipinski definition) is 7. The number of ether oxygens (including phenoxy) is 1. The Kier molecular flexibility index (Phi) is 8.50. The Morgan fingerprint density at radius 3 is 2.46 bits per heavy atom. The molecule has 0 amide bonds. The average Bonchev–Trinajstić information content (AvgIpc) is 2.81. The number of nitrogens with zero attached hydrogens (tertiary/aromatic N) is 1. The summed E-state index contributed by atoms with van der Waals surface area (Å²) in [5.74, 6) is -0.669. The minimum Gasteiger partial charge on any atom is -0.493 e. The summed E-state index contributed by atoms with van der Waals surface area (Å²) >= 11 is 0. The van der Waals surface area contributed by atoms with E-state index in [1.807, 2.05) is 0 Å². The van der Waals surface area contributed by atoms with Gasteiger partial charge in [-0.2, -0.15) is 0 Å². The fourth-order valence-corrected chi connectivity index (χ4v) is 5.18. The molecule has 10 heteroatoms.